The summed E-state index contributed by atoms with van der Waals surface area (Å²) in [6.45, 7) is 1.78. The van der Waals surface area contributed by atoms with Gasteiger partial charge in [-0.15, -0.1) is 0 Å². The van der Waals surface area contributed by atoms with E-state index in [0.717, 1.165) is 5.39 Å². The van der Waals surface area contributed by atoms with E-state index >= 15 is 0 Å². The first-order valence-electron chi connectivity index (χ1n) is 6.13. The third-order valence-electron chi connectivity index (χ3n) is 3.51. The van der Waals surface area contributed by atoms with Crippen molar-refractivity contribution in [3.8, 4) is 0 Å². The molecular weight excluding hydrogens is 253 g/mol. The largest absolute Gasteiger partial charge is 0.411 e. The second-order valence-electron chi connectivity index (χ2n) is 5.03. The number of anilines is 1. The van der Waals surface area contributed by atoms with Crippen LogP contribution in [0.4, 0.5) is 18.9 Å². The lowest BCUT2D eigenvalue weighted by Gasteiger charge is -2.23. The molecule has 19 heavy (non-hydrogen) atoms. The molecule has 1 aliphatic rings. The Bertz CT molecular complexity index is 630. The van der Waals surface area contributed by atoms with E-state index in [9.17, 15) is 13.2 Å². The van der Waals surface area contributed by atoms with Crippen LogP contribution in [-0.2, 0) is 0 Å². The molecule has 0 bridgehead atoms. The topological polar surface area (TPSA) is 24.9 Å². The van der Waals surface area contributed by atoms with E-state index in [1.54, 1.807) is 31.2 Å². The van der Waals surface area contributed by atoms with Gasteiger partial charge in [0.15, 0.2) is 0 Å². The Labute approximate surface area is 108 Å². The van der Waals surface area contributed by atoms with E-state index in [4.69, 9.17) is 0 Å². The van der Waals surface area contributed by atoms with E-state index in [0.29, 0.717) is 16.9 Å². The lowest BCUT2D eigenvalue weighted by atomic mass is 10.1. The Hall–Kier alpha value is -1.78. The molecule has 1 N–H and O–H groups in total. The lowest BCUT2D eigenvalue weighted by molar-refractivity contribution is -0.151. The summed E-state index contributed by atoms with van der Waals surface area (Å²) in [6.07, 6.45) is -3.95. The molecule has 1 aromatic carbocycles. The zero-order valence-corrected chi connectivity index (χ0v) is 10.4. The Kier molecular flexibility index (Phi) is 2.49. The summed E-state index contributed by atoms with van der Waals surface area (Å²) in [5.74, 6) is 0. The molecule has 2 aromatic rings. The fourth-order valence-corrected chi connectivity index (χ4v) is 2.27. The van der Waals surface area contributed by atoms with Crippen molar-refractivity contribution in [3.05, 3.63) is 36.0 Å². The third kappa shape index (κ3) is 2.03. The van der Waals surface area contributed by atoms with Gasteiger partial charge in [-0.25, -0.2) is 0 Å². The van der Waals surface area contributed by atoms with Crippen LogP contribution in [0.1, 0.15) is 18.5 Å². The smallest absolute Gasteiger partial charge is 0.371 e. The summed E-state index contributed by atoms with van der Waals surface area (Å²) in [5, 5.41) is 3.41. The first-order chi connectivity index (χ1) is 8.91. The maximum atomic E-state index is 13.0. The number of rotatable bonds is 2. The van der Waals surface area contributed by atoms with E-state index < -0.39 is 11.7 Å². The molecule has 1 aromatic heterocycles. The maximum Gasteiger partial charge on any atom is 0.411 e. The Balaban J connectivity index is 2.06. The second kappa shape index (κ2) is 3.85. The zero-order valence-electron chi connectivity index (χ0n) is 10.4. The molecule has 3 rings (SSSR count). The molecule has 1 heterocycles. The van der Waals surface area contributed by atoms with Gasteiger partial charge in [0.1, 0.15) is 5.54 Å². The summed E-state index contributed by atoms with van der Waals surface area (Å²) in [4.78, 5) is 4.33. The summed E-state index contributed by atoms with van der Waals surface area (Å²) in [5.41, 5.74) is 0.184. The number of nitrogens with one attached hydrogen (secondary N) is 1. The normalized spacial score (nSPS) is 17.5. The second-order valence-corrected chi connectivity index (χ2v) is 5.03. The van der Waals surface area contributed by atoms with Gasteiger partial charge >= 0.3 is 6.18 Å². The quantitative estimate of drug-likeness (QED) is 0.887. The number of aryl methyl sites for hydroxylation is 1. The van der Waals surface area contributed by atoms with Crippen LogP contribution in [-0.4, -0.2) is 16.7 Å². The monoisotopic (exact) mass is 266 g/mol. The van der Waals surface area contributed by atoms with Crippen molar-refractivity contribution < 1.29 is 13.2 Å². The van der Waals surface area contributed by atoms with E-state index in [-0.39, 0.29) is 12.8 Å². The summed E-state index contributed by atoms with van der Waals surface area (Å²) in [6, 6.07) is 8.90. The maximum absolute atomic E-state index is 13.0. The lowest BCUT2D eigenvalue weighted by Crippen LogP contribution is -2.38. The van der Waals surface area contributed by atoms with Crippen molar-refractivity contribution in [3.63, 3.8) is 0 Å². The molecule has 100 valence electrons. The van der Waals surface area contributed by atoms with Crippen LogP contribution in [0.25, 0.3) is 10.9 Å². The zero-order chi connectivity index (χ0) is 13.7. The first-order valence-corrected chi connectivity index (χ1v) is 6.13. The third-order valence-corrected chi connectivity index (χ3v) is 3.51. The standard InChI is InChI=1S/C14H13F3N2/c1-9-8-12(10-4-2-3-5-11(10)18-9)19-13(6-7-13)14(15,16)17/h2-5,8H,6-7H2,1H3,(H,18,19). The number of nitrogens with zero attached hydrogens (tertiary/aromatic N) is 1. The number of benzene rings is 1. The van der Waals surface area contributed by atoms with Gasteiger partial charge in [0.05, 0.1) is 5.52 Å². The highest BCUT2D eigenvalue weighted by Gasteiger charge is 2.63. The highest BCUT2D eigenvalue weighted by molar-refractivity contribution is 5.91. The highest BCUT2D eigenvalue weighted by Crippen LogP contribution is 2.51. The number of halogens is 3. The minimum absolute atomic E-state index is 0.131. The molecular formula is C14H13F3N2. The number of hydrogen-bond acceptors (Lipinski definition) is 2. The van der Waals surface area contributed by atoms with Gasteiger partial charge in [-0.05, 0) is 31.9 Å². The number of pyridine rings is 1. The van der Waals surface area contributed by atoms with Crippen LogP contribution in [0.3, 0.4) is 0 Å². The molecule has 0 atom stereocenters. The summed E-state index contributed by atoms with van der Waals surface area (Å²) < 4.78 is 39.0. The highest BCUT2D eigenvalue weighted by atomic mass is 19.4. The molecule has 0 radical (unpaired) electrons. The molecule has 1 saturated carbocycles. The first kappa shape index (κ1) is 12.3. The van der Waals surface area contributed by atoms with Crippen LogP contribution in [0.2, 0.25) is 0 Å². The predicted molar refractivity (Wildman–Crippen MR) is 68.1 cm³/mol. The number of fused-ring (bicyclic) bond motifs is 1. The Morgan fingerprint density at radius 2 is 1.89 bits per heavy atom. The fraction of sp³-hybridized carbons (Fsp3) is 0.357. The number of para-hydroxylation sites is 1. The Morgan fingerprint density at radius 1 is 1.21 bits per heavy atom. The molecule has 1 aliphatic carbocycles. The van der Waals surface area contributed by atoms with Gasteiger partial charge < -0.3 is 5.32 Å². The van der Waals surface area contributed by atoms with Gasteiger partial charge in [-0.1, -0.05) is 18.2 Å². The summed E-state index contributed by atoms with van der Waals surface area (Å²) in [7, 11) is 0. The SMILES string of the molecule is Cc1cc(NC2(C(F)(F)F)CC2)c2ccccc2n1. The molecule has 1 fully saturated rings. The average Bonchev–Trinajstić information content (AvgIpc) is 3.09. The van der Waals surface area contributed by atoms with E-state index in [2.05, 4.69) is 10.3 Å². The minimum atomic E-state index is -4.22. The van der Waals surface area contributed by atoms with Gasteiger partial charge in [0.25, 0.3) is 0 Å². The van der Waals surface area contributed by atoms with Crippen molar-refractivity contribution in [1.82, 2.24) is 4.98 Å². The van der Waals surface area contributed by atoms with Crippen molar-refractivity contribution in [2.24, 2.45) is 0 Å². The van der Waals surface area contributed by atoms with Crippen LogP contribution in [0.5, 0.6) is 0 Å². The molecule has 0 saturated heterocycles. The molecule has 0 aliphatic heterocycles. The van der Waals surface area contributed by atoms with Gasteiger partial charge in [-0.2, -0.15) is 13.2 Å². The molecule has 0 spiro atoms. The molecule has 0 amide bonds. The molecule has 0 unspecified atom stereocenters. The van der Waals surface area contributed by atoms with E-state index in [1.165, 1.54) is 0 Å². The number of alkyl halides is 3. The number of aromatic nitrogens is 1. The van der Waals surface area contributed by atoms with Crippen LogP contribution in [0.15, 0.2) is 30.3 Å². The van der Waals surface area contributed by atoms with Crippen LogP contribution in [0, 0.1) is 6.92 Å². The molecule has 2 nitrogen and oxygen atoms in total. The fourth-order valence-electron chi connectivity index (χ4n) is 2.27. The van der Waals surface area contributed by atoms with Crippen molar-refractivity contribution in [2.45, 2.75) is 31.5 Å². The minimum Gasteiger partial charge on any atom is -0.371 e. The van der Waals surface area contributed by atoms with Gasteiger partial charge in [-0.3, -0.25) is 4.98 Å². The van der Waals surface area contributed by atoms with E-state index in [1.807, 2.05) is 6.07 Å². The van der Waals surface area contributed by atoms with Crippen LogP contribution >= 0.6 is 0 Å². The molecule has 5 heteroatoms. The van der Waals surface area contributed by atoms with Crippen molar-refractivity contribution in [2.75, 3.05) is 5.32 Å². The van der Waals surface area contributed by atoms with Gasteiger partial charge in [0, 0.05) is 16.8 Å². The van der Waals surface area contributed by atoms with Crippen LogP contribution < -0.4 is 5.32 Å². The average molecular weight is 266 g/mol. The predicted octanol–water partition coefficient (Wildman–Crippen LogP) is 4.05. The summed E-state index contributed by atoms with van der Waals surface area (Å²) >= 11 is 0. The van der Waals surface area contributed by atoms with Gasteiger partial charge in [0.2, 0.25) is 0 Å². The van der Waals surface area contributed by atoms with Crippen molar-refractivity contribution in [1.29, 1.82) is 0 Å². The number of hydrogen-bond donors (Lipinski definition) is 1. The Morgan fingerprint density at radius 3 is 2.53 bits per heavy atom. The van der Waals surface area contributed by atoms with Crippen molar-refractivity contribution >= 4 is 16.6 Å².